The summed E-state index contributed by atoms with van der Waals surface area (Å²) in [6, 6.07) is 0. The topological polar surface area (TPSA) is 38.7 Å². The van der Waals surface area contributed by atoms with Gasteiger partial charge in [0.2, 0.25) is 0 Å². The Labute approximate surface area is 88.0 Å². The lowest BCUT2D eigenvalue weighted by Crippen LogP contribution is -2.31. The summed E-state index contributed by atoms with van der Waals surface area (Å²) >= 11 is 0. The van der Waals surface area contributed by atoms with Gasteiger partial charge in [-0.2, -0.15) is 0 Å². The summed E-state index contributed by atoms with van der Waals surface area (Å²) in [6.45, 7) is 5.14. The third-order valence-corrected chi connectivity index (χ3v) is 3.50. The minimum atomic E-state index is -0.294. The van der Waals surface area contributed by atoms with E-state index in [-0.39, 0.29) is 18.1 Å². The van der Waals surface area contributed by atoms with Gasteiger partial charge in [0, 0.05) is 13.2 Å². The zero-order chi connectivity index (χ0) is 10.1. The van der Waals surface area contributed by atoms with Crippen molar-refractivity contribution in [3.8, 4) is 0 Å². The maximum Gasteiger partial charge on any atom is 0.172 e. The van der Waals surface area contributed by atoms with Gasteiger partial charge in [-0.3, -0.25) is 0 Å². The monoisotopic (exact) mass is 226 g/mol. The van der Waals surface area contributed by atoms with Crippen molar-refractivity contribution in [2.75, 3.05) is 26.1 Å². The molecule has 3 nitrogen and oxygen atoms in total. The smallest absolute Gasteiger partial charge is 0.172 e. The van der Waals surface area contributed by atoms with Gasteiger partial charge in [0.05, 0.1) is 11.9 Å². The van der Waals surface area contributed by atoms with Crippen LogP contribution in [0.15, 0.2) is 0 Å². The van der Waals surface area contributed by atoms with Gasteiger partial charge in [0.15, 0.2) is 6.29 Å². The molecule has 0 bridgehead atoms. The molecule has 80 valence electrons. The van der Waals surface area contributed by atoms with E-state index in [0.29, 0.717) is 13.2 Å². The molecular formula is C8H18O3S2. The normalized spacial score (nSPS) is 13.6. The molecule has 0 saturated heterocycles. The number of aliphatic hydroxyl groups excluding tert-OH is 1. The molecule has 0 aromatic carbocycles. The second kappa shape index (κ2) is 9.15. The van der Waals surface area contributed by atoms with E-state index in [1.165, 1.54) is 0 Å². The van der Waals surface area contributed by atoms with Crippen LogP contribution in [-0.4, -0.2) is 42.7 Å². The number of hydrogen-bond acceptors (Lipinski definition) is 5. The van der Waals surface area contributed by atoms with E-state index in [1.54, 1.807) is 21.6 Å². The molecular weight excluding hydrogens is 208 g/mol. The maximum atomic E-state index is 9.09. The quantitative estimate of drug-likeness (QED) is 0.504. The van der Waals surface area contributed by atoms with Crippen molar-refractivity contribution in [3.05, 3.63) is 0 Å². The lowest BCUT2D eigenvalue weighted by molar-refractivity contribution is -0.139. The highest BCUT2D eigenvalue weighted by Crippen LogP contribution is 2.27. The number of ether oxygens (including phenoxy) is 2. The second-order valence-electron chi connectivity index (χ2n) is 2.26. The van der Waals surface area contributed by atoms with Crippen molar-refractivity contribution in [2.24, 2.45) is 0 Å². The first-order valence-electron chi connectivity index (χ1n) is 4.33. The molecule has 0 aliphatic heterocycles. The van der Waals surface area contributed by atoms with E-state index in [2.05, 4.69) is 0 Å². The van der Waals surface area contributed by atoms with Gasteiger partial charge < -0.3 is 14.6 Å². The first-order chi connectivity index (χ1) is 6.29. The number of aliphatic hydroxyl groups is 1. The molecule has 0 fully saturated rings. The van der Waals surface area contributed by atoms with Crippen LogP contribution >= 0.6 is 21.6 Å². The van der Waals surface area contributed by atoms with Crippen LogP contribution in [0.3, 0.4) is 0 Å². The van der Waals surface area contributed by atoms with E-state index in [1.807, 2.05) is 20.1 Å². The van der Waals surface area contributed by atoms with E-state index >= 15 is 0 Å². The van der Waals surface area contributed by atoms with Gasteiger partial charge in [0.25, 0.3) is 0 Å². The van der Waals surface area contributed by atoms with Crippen molar-refractivity contribution in [1.29, 1.82) is 0 Å². The Kier molecular flexibility index (Phi) is 9.56. The summed E-state index contributed by atoms with van der Waals surface area (Å²) in [5.41, 5.74) is 0. The average Bonchev–Trinajstić information content (AvgIpc) is 2.14. The predicted octanol–water partition coefficient (Wildman–Crippen LogP) is 1.76. The molecule has 0 heterocycles. The Hall–Kier alpha value is 0.580. The second-order valence-corrected chi connectivity index (χ2v) is 4.97. The first kappa shape index (κ1) is 13.6. The SMILES string of the molecule is CCOC(OCC)C(CO)SSC. The molecule has 0 rings (SSSR count). The Morgan fingerprint density at radius 1 is 1.23 bits per heavy atom. The third-order valence-electron chi connectivity index (χ3n) is 1.37. The van der Waals surface area contributed by atoms with Gasteiger partial charge in [-0.1, -0.05) is 21.6 Å². The van der Waals surface area contributed by atoms with Gasteiger partial charge in [0.1, 0.15) is 0 Å². The Morgan fingerprint density at radius 2 is 1.77 bits per heavy atom. The molecule has 0 spiro atoms. The molecule has 0 aromatic rings. The fraction of sp³-hybridized carbons (Fsp3) is 1.00. The maximum absolute atomic E-state index is 9.09. The standard InChI is InChI=1S/C8H18O3S2/c1-4-10-8(11-5-2)7(6-9)13-12-3/h7-9H,4-6H2,1-3H3. The fourth-order valence-electron chi connectivity index (χ4n) is 0.877. The van der Waals surface area contributed by atoms with E-state index in [9.17, 15) is 0 Å². The van der Waals surface area contributed by atoms with Crippen LogP contribution < -0.4 is 0 Å². The predicted molar refractivity (Wildman–Crippen MR) is 59.0 cm³/mol. The van der Waals surface area contributed by atoms with Crippen molar-refractivity contribution in [1.82, 2.24) is 0 Å². The summed E-state index contributed by atoms with van der Waals surface area (Å²) in [5.74, 6) is 0. The molecule has 5 heteroatoms. The summed E-state index contributed by atoms with van der Waals surface area (Å²) in [5, 5.41) is 9.08. The number of rotatable bonds is 8. The van der Waals surface area contributed by atoms with Gasteiger partial charge in [-0.25, -0.2) is 0 Å². The van der Waals surface area contributed by atoms with E-state index in [0.717, 1.165) is 0 Å². The van der Waals surface area contributed by atoms with Crippen LogP contribution in [0, 0.1) is 0 Å². The Bertz CT molecular complexity index is 108. The molecule has 0 saturated carbocycles. The largest absolute Gasteiger partial charge is 0.395 e. The Morgan fingerprint density at radius 3 is 2.08 bits per heavy atom. The molecule has 0 aliphatic carbocycles. The van der Waals surface area contributed by atoms with Crippen LogP contribution in [0.1, 0.15) is 13.8 Å². The molecule has 1 unspecified atom stereocenters. The third kappa shape index (κ3) is 5.80. The number of hydrogen-bond donors (Lipinski definition) is 1. The van der Waals surface area contributed by atoms with Gasteiger partial charge in [-0.05, 0) is 20.1 Å². The van der Waals surface area contributed by atoms with Crippen molar-refractivity contribution in [3.63, 3.8) is 0 Å². The summed E-state index contributed by atoms with van der Waals surface area (Å²) in [6.07, 6.45) is 1.68. The lowest BCUT2D eigenvalue weighted by Gasteiger charge is -2.23. The van der Waals surface area contributed by atoms with E-state index in [4.69, 9.17) is 14.6 Å². The zero-order valence-corrected chi connectivity index (χ0v) is 9.99. The Balaban J connectivity index is 3.94. The van der Waals surface area contributed by atoms with Crippen LogP contribution in [0.5, 0.6) is 0 Å². The highest BCUT2D eigenvalue weighted by atomic mass is 33.1. The molecule has 13 heavy (non-hydrogen) atoms. The molecule has 0 aromatic heterocycles. The first-order valence-corrected chi connectivity index (χ1v) is 6.95. The van der Waals surface area contributed by atoms with Crippen LogP contribution in [-0.2, 0) is 9.47 Å². The molecule has 0 radical (unpaired) electrons. The van der Waals surface area contributed by atoms with Crippen molar-refractivity contribution >= 4 is 21.6 Å². The highest BCUT2D eigenvalue weighted by molar-refractivity contribution is 8.76. The molecule has 1 N–H and O–H groups in total. The average molecular weight is 226 g/mol. The molecule has 0 amide bonds. The van der Waals surface area contributed by atoms with Gasteiger partial charge in [-0.15, -0.1) is 0 Å². The fourth-order valence-corrected chi connectivity index (χ4v) is 2.63. The van der Waals surface area contributed by atoms with Crippen molar-refractivity contribution < 1.29 is 14.6 Å². The van der Waals surface area contributed by atoms with Crippen LogP contribution in [0.2, 0.25) is 0 Å². The summed E-state index contributed by atoms with van der Waals surface area (Å²) in [4.78, 5) is 0. The summed E-state index contributed by atoms with van der Waals surface area (Å²) in [7, 11) is 3.19. The van der Waals surface area contributed by atoms with Crippen molar-refractivity contribution in [2.45, 2.75) is 25.4 Å². The molecule has 0 aliphatic rings. The van der Waals surface area contributed by atoms with E-state index < -0.39 is 0 Å². The van der Waals surface area contributed by atoms with Crippen LogP contribution in [0.25, 0.3) is 0 Å². The minimum absolute atomic E-state index is 0.00472. The minimum Gasteiger partial charge on any atom is -0.395 e. The highest BCUT2D eigenvalue weighted by Gasteiger charge is 2.21. The zero-order valence-electron chi connectivity index (χ0n) is 8.36. The van der Waals surface area contributed by atoms with Gasteiger partial charge >= 0.3 is 0 Å². The molecule has 1 atom stereocenters. The summed E-state index contributed by atoms with van der Waals surface area (Å²) < 4.78 is 10.7. The lowest BCUT2D eigenvalue weighted by atomic mass is 10.4. The van der Waals surface area contributed by atoms with Crippen LogP contribution in [0.4, 0.5) is 0 Å².